The van der Waals surface area contributed by atoms with Crippen LogP contribution >= 0.6 is 12.2 Å². The molecule has 0 saturated heterocycles. The molecule has 0 aromatic heterocycles. The van der Waals surface area contributed by atoms with Crippen molar-refractivity contribution in [2.24, 2.45) is 16.7 Å². The van der Waals surface area contributed by atoms with Crippen LogP contribution in [0, 0.1) is 16.7 Å². The molecule has 0 saturated carbocycles. The molecule has 0 radical (unpaired) electrons. The monoisotopic (exact) mass is 1240 g/mol. The molecule has 518 valence electrons. The lowest BCUT2D eigenvalue weighted by Crippen LogP contribution is -2.38. The summed E-state index contributed by atoms with van der Waals surface area (Å²) in [6, 6.07) is 0. The summed E-state index contributed by atoms with van der Waals surface area (Å²) in [4.78, 5) is 0. The van der Waals surface area contributed by atoms with Crippen molar-refractivity contribution in [1.82, 2.24) is 0 Å². The zero-order chi connectivity index (χ0) is 63.1. The lowest BCUT2D eigenvalue weighted by Gasteiger charge is -2.40. The quantitative estimate of drug-likeness (QED) is 0.0307. The molecular weight excluding hydrogens is 1070 g/mol. The second-order valence-corrected chi connectivity index (χ2v) is 29.0. The summed E-state index contributed by atoms with van der Waals surface area (Å²) in [6.45, 7) is 7.66. The van der Waals surface area contributed by atoms with Gasteiger partial charge in [-0.05, 0) is 43.8 Å². The molecule has 0 fully saturated rings. The predicted molar refractivity (Wildman–Crippen MR) is 389 cm³/mol. The van der Waals surface area contributed by atoms with Gasteiger partial charge in [0.15, 0.2) is 5.05 Å². The maximum absolute atomic E-state index is 11.9. The van der Waals surface area contributed by atoms with E-state index in [9.17, 15) is 5.11 Å². The zero-order valence-corrected chi connectivity index (χ0v) is 60.4. The van der Waals surface area contributed by atoms with Crippen LogP contribution in [-0.2, 0) is 0 Å². The highest BCUT2D eigenvalue weighted by Gasteiger charge is 2.41. The van der Waals surface area contributed by atoms with Crippen LogP contribution < -0.4 is 0 Å². The van der Waals surface area contributed by atoms with E-state index in [0.29, 0.717) is 11.0 Å². The van der Waals surface area contributed by atoms with Crippen molar-refractivity contribution in [1.29, 1.82) is 0 Å². The smallest absolute Gasteiger partial charge is 0.163 e. The van der Waals surface area contributed by atoms with Gasteiger partial charge in [-0.2, -0.15) is 0 Å². The molecule has 0 rings (SSSR count). The zero-order valence-electron chi connectivity index (χ0n) is 59.6. The van der Waals surface area contributed by atoms with Crippen molar-refractivity contribution in [3.63, 3.8) is 0 Å². The van der Waals surface area contributed by atoms with E-state index < -0.39 is 31.8 Å². The summed E-state index contributed by atoms with van der Waals surface area (Å²) in [5.74, 6) is 0.561. The third-order valence-electron chi connectivity index (χ3n) is 20.3. The maximum Gasteiger partial charge on any atom is 0.163 e. The molecule has 0 heterocycles. The van der Waals surface area contributed by atoms with Gasteiger partial charge in [-0.3, -0.25) is 0 Å². The molecule has 6 heteroatoms. The summed E-state index contributed by atoms with van der Waals surface area (Å²) in [5, 5.41) is 46.3. The molecule has 5 nitrogen and oxygen atoms in total. The van der Waals surface area contributed by atoms with Crippen LogP contribution in [0.1, 0.15) is 464 Å². The highest BCUT2D eigenvalue weighted by atomic mass is 32.1. The Morgan fingerprint density at radius 2 is 0.372 bits per heavy atom. The largest absolute Gasteiger partial charge is 0.502 e. The summed E-state index contributed by atoms with van der Waals surface area (Å²) in [6.07, 6.45) is 95.8. The topological polar surface area (TPSA) is 101 Å². The van der Waals surface area contributed by atoms with Crippen LogP contribution in [0.4, 0.5) is 0 Å². The van der Waals surface area contributed by atoms with E-state index in [1.54, 1.807) is 0 Å². The molecule has 0 aliphatic carbocycles. The Morgan fingerprint density at radius 3 is 0.500 bits per heavy atom. The first-order valence-corrected chi connectivity index (χ1v) is 40.4. The fraction of sp³-hybridized carbons (Fsp3) is 0.988. The van der Waals surface area contributed by atoms with Crippen LogP contribution in [0.25, 0.3) is 0 Å². The second kappa shape index (κ2) is 73.8. The van der Waals surface area contributed by atoms with Crippen molar-refractivity contribution in [3.8, 4) is 0 Å². The maximum atomic E-state index is 11.9. The van der Waals surface area contributed by atoms with E-state index in [-0.39, 0.29) is 5.41 Å². The average molecular weight is 1240 g/mol. The van der Waals surface area contributed by atoms with E-state index in [1.165, 1.54) is 424 Å². The van der Waals surface area contributed by atoms with Gasteiger partial charge in [0.1, 0.15) is 0 Å². The standard InChI is InChI=1S/C75H150OS.C5H12O4/c1-5-9-13-17-21-25-29-33-37-41-45-49-53-57-61-65-69-73(70-66-62-58-54-50-46-42-38-34-30-26-22-18-14-10-6-2)75(74(76)77,71-67-63-59-55-51-47-43-39-35-31-27-23-19-15-11-7-3)72-68-64-60-56-52-48-44-40-36-32-28-24-20-16-12-8-4;6-1-5(2-7,3-8)4-9/h73H,5-72H2,1-4H3,(H,76,77);6-9H,1-4H2. The molecule has 0 aromatic rings. The van der Waals surface area contributed by atoms with Crippen molar-refractivity contribution in [3.05, 3.63) is 0 Å². The lowest BCUT2D eigenvalue weighted by atomic mass is 9.65. The number of rotatable bonds is 74. The highest BCUT2D eigenvalue weighted by Crippen LogP contribution is 2.46. The van der Waals surface area contributed by atoms with Crippen LogP contribution in [0.15, 0.2) is 0 Å². The van der Waals surface area contributed by atoms with Crippen molar-refractivity contribution in [2.45, 2.75) is 464 Å². The number of aliphatic hydroxyl groups is 5. The van der Waals surface area contributed by atoms with Crippen LogP contribution in [-0.4, -0.2) is 57.0 Å². The van der Waals surface area contributed by atoms with Gasteiger partial charge in [-0.1, -0.05) is 439 Å². The van der Waals surface area contributed by atoms with Crippen LogP contribution in [0.2, 0.25) is 0 Å². The second-order valence-electron chi connectivity index (χ2n) is 28.6. The van der Waals surface area contributed by atoms with E-state index in [2.05, 4.69) is 27.7 Å². The summed E-state index contributed by atoms with van der Waals surface area (Å²) >= 11 is 6.11. The molecule has 0 aliphatic rings. The first kappa shape index (κ1) is 87.8. The van der Waals surface area contributed by atoms with Crippen molar-refractivity contribution < 1.29 is 25.5 Å². The molecule has 0 aromatic carbocycles. The molecule has 0 bridgehead atoms. The van der Waals surface area contributed by atoms with E-state index in [0.717, 1.165) is 12.8 Å². The third-order valence-corrected chi connectivity index (χ3v) is 20.7. The van der Waals surface area contributed by atoms with Gasteiger partial charge in [0.05, 0.1) is 31.8 Å². The van der Waals surface area contributed by atoms with E-state index in [1.807, 2.05) is 0 Å². The molecule has 86 heavy (non-hydrogen) atoms. The summed E-state index contributed by atoms with van der Waals surface area (Å²) in [7, 11) is 0. The SMILES string of the molecule is CCCCCCCCCCCCCCCCCCC(CCCCCCCCCCCCCCCCCC)C(CCCCCCCCCCCCCCCCCC)(CCCCCCCCCCCCCCCCCC)C(O)=S.OCC(CO)(CO)CO. The molecule has 0 unspecified atom stereocenters. The number of aliphatic hydroxyl groups excluding tert-OH is 5. The Kier molecular flexibility index (Phi) is 75.3. The first-order chi connectivity index (χ1) is 42.3. The Labute approximate surface area is 547 Å². The first-order valence-electron chi connectivity index (χ1n) is 40.0. The number of hydrogen-bond acceptors (Lipinski definition) is 5. The number of hydrogen-bond donors (Lipinski definition) is 5. The minimum atomic E-state index is -1.11. The Morgan fingerprint density at radius 1 is 0.233 bits per heavy atom. The van der Waals surface area contributed by atoms with E-state index >= 15 is 0 Å². The van der Waals surface area contributed by atoms with Gasteiger partial charge < -0.3 is 25.5 Å². The third kappa shape index (κ3) is 60.0. The summed E-state index contributed by atoms with van der Waals surface area (Å²) < 4.78 is 0. The fourth-order valence-electron chi connectivity index (χ4n) is 13.8. The molecule has 0 aliphatic heterocycles. The van der Waals surface area contributed by atoms with Gasteiger partial charge in [0.25, 0.3) is 0 Å². The minimum absolute atomic E-state index is 0.146. The summed E-state index contributed by atoms with van der Waals surface area (Å²) in [5.41, 5.74) is -1.26. The van der Waals surface area contributed by atoms with Crippen molar-refractivity contribution in [2.75, 3.05) is 26.4 Å². The van der Waals surface area contributed by atoms with Gasteiger partial charge in [0, 0.05) is 5.41 Å². The number of thiocarbonyl (C=S) groups is 1. The highest BCUT2D eigenvalue weighted by molar-refractivity contribution is 7.80. The fourth-order valence-corrected chi connectivity index (χ4v) is 14.1. The molecular formula is C80H162O5S. The predicted octanol–water partition coefficient (Wildman–Crippen LogP) is 27.0. The average Bonchev–Trinajstić information content (AvgIpc) is 2.20. The Balaban J connectivity index is 0. The lowest BCUT2D eigenvalue weighted by molar-refractivity contribution is -0.0328. The minimum Gasteiger partial charge on any atom is -0.502 e. The normalized spacial score (nSPS) is 12.0. The molecule has 0 atom stereocenters. The molecule has 5 N–H and O–H groups in total. The van der Waals surface area contributed by atoms with Crippen molar-refractivity contribution >= 4 is 17.3 Å². The molecule has 0 amide bonds. The Bertz CT molecular complexity index is 1150. The van der Waals surface area contributed by atoms with Gasteiger partial charge >= 0.3 is 0 Å². The molecule has 0 spiro atoms. The Hall–Kier alpha value is -0.270. The van der Waals surface area contributed by atoms with Crippen LogP contribution in [0.3, 0.4) is 0 Å². The van der Waals surface area contributed by atoms with Crippen LogP contribution in [0.5, 0.6) is 0 Å². The van der Waals surface area contributed by atoms with E-state index in [4.69, 9.17) is 32.6 Å². The number of unbranched alkanes of at least 4 members (excludes halogenated alkanes) is 60. The van der Waals surface area contributed by atoms with Gasteiger partial charge in [-0.25, -0.2) is 0 Å². The van der Waals surface area contributed by atoms with Gasteiger partial charge in [0.2, 0.25) is 0 Å². The van der Waals surface area contributed by atoms with Gasteiger partial charge in [-0.15, -0.1) is 0 Å².